The molecule has 0 amide bonds. The fourth-order valence-electron chi connectivity index (χ4n) is 1.65. The van der Waals surface area contributed by atoms with Crippen molar-refractivity contribution >= 4 is 5.78 Å². The van der Waals surface area contributed by atoms with Gasteiger partial charge in [-0.1, -0.05) is 72.8 Å². The van der Waals surface area contributed by atoms with Crippen LogP contribution >= 0.6 is 0 Å². The van der Waals surface area contributed by atoms with E-state index in [-0.39, 0.29) is 5.78 Å². The van der Waals surface area contributed by atoms with Crippen LogP contribution in [0.3, 0.4) is 0 Å². The lowest BCUT2D eigenvalue weighted by molar-refractivity contribution is -0.110. The van der Waals surface area contributed by atoms with Crippen molar-refractivity contribution < 1.29 is 4.79 Å². The van der Waals surface area contributed by atoms with Gasteiger partial charge < -0.3 is 0 Å². The standard InChI is InChI=1S/C12H10.C7H10O/c1-3-7-11(8-4-1)12-9-5-2-6-10-12;1-3-5-7(8)6-4-2/h1-10H;3-6H,1-2H3. The second-order valence-corrected chi connectivity index (χ2v) is 4.13. The molecule has 0 aliphatic carbocycles. The third-order valence-electron chi connectivity index (χ3n) is 2.54. The Bertz CT molecular complexity index is 499. The summed E-state index contributed by atoms with van der Waals surface area (Å²) in [6.07, 6.45) is 6.50. The molecular weight excluding hydrogens is 244 g/mol. The van der Waals surface area contributed by atoms with Crippen molar-refractivity contribution in [2.75, 3.05) is 0 Å². The van der Waals surface area contributed by atoms with Gasteiger partial charge in [0.05, 0.1) is 0 Å². The summed E-state index contributed by atoms with van der Waals surface area (Å²) >= 11 is 0. The van der Waals surface area contributed by atoms with Gasteiger partial charge in [-0.05, 0) is 37.1 Å². The van der Waals surface area contributed by atoms with Crippen LogP contribution in [0.2, 0.25) is 0 Å². The summed E-state index contributed by atoms with van der Waals surface area (Å²) in [5.74, 6) is 0.0509. The van der Waals surface area contributed by atoms with Crippen molar-refractivity contribution in [2.45, 2.75) is 13.8 Å². The lowest BCUT2D eigenvalue weighted by Gasteiger charge is -1.98. The summed E-state index contributed by atoms with van der Waals surface area (Å²) in [4.78, 5) is 10.5. The van der Waals surface area contributed by atoms with Gasteiger partial charge in [-0.15, -0.1) is 0 Å². The van der Waals surface area contributed by atoms with Gasteiger partial charge >= 0.3 is 0 Å². The van der Waals surface area contributed by atoms with Crippen LogP contribution in [0.15, 0.2) is 85.0 Å². The highest BCUT2D eigenvalue weighted by molar-refractivity contribution is 5.98. The second kappa shape index (κ2) is 9.51. The van der Waals surface area contributed by atoms with E-state index in [1.165, 1.54) is 23.3 Å². The topological polar surface area (TPSA) is 17.1 Å². The Balaban J connectivity index is 0.000000221. The predicted octanol–water partition coefficient (Wildman–Crippen LogP) is 5.06. The van der Waals surface area contributed by atoms with Crippen molar-refractivity contribution in [1.82, 2.24) is 0 Å². The van der Waals surface area contributed by atoms with E-state index in [0.29, 0.717) is 0 Å². The molecule has 0 N–H and O–H groups in total. The molecular formula is C19H20O. The fourth-order valence-corrected chi connectivity index (χ4v) is 1.65. The smallest absolute Gasteiger partial charge is 0.177 e. The van der Waals surface area contributed by atoms with Crippen LogP contribution in [-0.4, -0.2) is 5.78 Å². The number of carbonyl (C=O) groups excluding carboxylic acids is 1. The Hall–Kier alpha value is -2.41. The molecule has 0 atom stereocenters. The Labute approximate surface area is 121 Å². The predicted molar refractivity (Wildman–Crippen MR) is 86.5 cm³/mol. The average Bonchev–Trinajstić information content (AvgIpc) is 2.50. The van der Waals surface area contributed by atoms with Crippen LogP contribution in [0.1, 0.15) is 13.8 Å². The molecule has 2 rings (SSSR count). The van der Waals surface area contributed by atoms with Gasteiger partial charge in [-0.25, -0.2) is 0 Å². The summed E-state index contributed by atoms with van der Waals surface area (Å²) in [6.45, 7) is 3.64. The Kier molecular flexibility index (Phi) is 7.44. The first-order valence-electron chi connectivity index (χ1n) is 6.67. The monoisotopic (exact) mass is 264 g/mol. The van der Waals surface area contributed by atoms with Crippen LogP contribution in [0.5, 0.6) is 0 Å². The van der Waals surface area contributed by atoms with E-state index in [1.807, 2.05) is 26.0 Å². The van der Waals surface area contributed by atoms with Crippen LogP contribution < -0.4 is 0 Å². The highest BCUT2D eigenvalue weighted by Gasteiger charge is 1.91. The molecule has 2 aromatic rings. The van der Waals surface area contributed by atoms with Crippen molar-refractivity contribution in [3.63, 3.8) is 0 Å². The maximum atomic E-state index is 10.5. The van der Waals surface area contributed by atoms with Crippen LogP contribution in [0.25, 0.3) is 11.1 Å². The zero-order valence-corrected chi connectivity index (χ0v) is 12.0. The molecule has 0 bridgehead atoms. The van der Waals surface area contributed by atoms with Gasteiger partial charge in [0.25, 0.3) is 0 Å². The number of benzene rings is 2. The molecule has 0 fully saturated rings. The van der Waals surface area contributed by atoms with Gasteiger partial charge in [0, 0.05) is 0 Å². The van der Waals surface area contributed by atoms with Gasteiger partial charge in [0.2, 0.25) is 0 Å². The molecule has 0 aromatic heterocycles. The first kappa shape index (κ1) is 15.6. The van der Waals surface area contributed by atoms with E-state index < -0.39 is 0 Å². The van der Waals surface area contributed by atoms with E-state index in [9.17, 15) is 4.79 Å². The molecule has 0 radical (unpaired) electrons. The zero-order chi connectivity index (χ0) is 14.6. The highest BCUT2D eigenvalue weighted by atomic mass is 16.1. The van der Waals surface area contributed by atoms with Gasteiger partial charge in [0.15, 0.2) is 5.78 Å². The minimum absolute atomic E-state index is 0.0509. The minimum Gasteiger partial charge on any atom is -0.290 e. The number of ketones is 1. The van der Waals surface area contributed by atoms with E-state index in [2.05, 4.69) is 48.5 Å². The maximum absolute atomic E-state index is 10.5. The third kappa shape index (κ3) is 5.96. The molecule has 0 saturated carbocycles. The number of carbonyl (C=O) groups is 1. The fraction of sp³-hybridized carbons (Fsp3) is 0.105. The lowest BCUT2D eigenvalue weighted by Crippen LogP contribution is -1.81. The molecule has 1 nitrogen and oxygen atoms in total. The minimum atomic E-state index is 0.0509. The van der Waals surface area contributed by atoms with Crippen LogP contribution in [0.4, 0.5) is 0 Å². The number of hydrogen-bond acceptors (Lipinski definition) is 1. The van der Waals surface area contributed by atoms with E-state index in [1.54, 1.807) is 12.2 Å². The molecule has 0 aliphatic heterocycles. The van der Waals surface area contributed by atoms with Crippen molar-refractivity contribution in [1.29, 1.82) is 0 Å². The molecule has 20 heavy (non-hydrogen) atoms. The summed E-state index contributed by atoms with van der Waals surface area (Å²) in [5.41, 5.74) is 2.55. The third-order valence-corrected chi connectivity index (χ3v) is 2.54. The normalized spacial score (nSPS) is 10.3. The Morgan fingerprint density at radius 2 is 1.05 bits per heavy atom. The van der Waals surface area contributed by atoms with Crippen LogP contribution in [0, 0.1) is 0 Å². The summed E-state index contributed by atoms with van der Waals surface area (Å²) < 4.78 is 0. The number of allylic oxidation sites excluding steroid dienone is 4. The highest BCUT2D eigenvalue weighted by Crippen LogP contribution is 2.17. The quantitative estimate of drug-likeness (QED) is 0.708. The molecule has 2 aromatic carbocycles. The van der Waals surface area contributed by atoms with E-state index in [0.717, 1.165) is 0 Å². The average molecular weight is 264 g/mol. The summed E-state index contributed by atoms with van der Waals surface area (Å²) in [5, 5.41) is 0. The molecule has 0 aliphatic rings. The van der Waals surface area contributed by atoms with Gasteiger partial charge in [0.1, 0.15) is 0 Å². The van der Waals surface area contributed by atoms with Crippen LogP contribution in [-0.2, 0) is 4.79 Å². The van der Waals surface area contributed by atoms with Gasteiger partial charge in [-0.3, -0.25) is 4.79 Å². The molecule has 0 heterocycles. The SMILES string of the molecule is CC=CC(=O)C=CC.c1ccc(-c2ccccc2)cc1. The Morgan fingerprint density at radius 3 is 1.35 bits per heavy atom. The maximum Gasteiger partial charge on any atom is 0.177 e. The number of hydrogen-bond donors (Lipinski definition) is 0. The lowest BCUT2D eigenvalue weighted by atomic mass is 10.1. The summed E-state index contributed by atoms with van der Waals surface area (Å²) in [6, 6.07) is 20.8. The molecule has 0 unspecified atom stereocenters. The number of rotatable bonds is 3. The first-order chi connectivity index (χ1) is 9.77. The molecule has 0 saturated heterocycles. The largest absolute Gasteiger partial charge is 0.290 e. The summed E-state index contributed by atoms with van der Waals surface area (Å²) in [7, 11) is 0. The molecule has 0 spiro atoms. The van der Waals surface area contributed by atoms with E-state index >= 15 is 0 Å². The second-order valence-electron chi connectivity index (χ2n) is 4.13. The van der Waals surface area contributed by atoms with Gasteiger partial charge in [-0.2, -0.15) is 0 Å². The van der Waals surface area contributed by atoms with Crippen molar-refractivity contribution in [2.24, 2.45) is 0 Å². The molecule has 102 valence electrons. The van der Waals surface area contributed by atoms with Crippen molar-refractivity contribution in [3.05, 3.63) is 85.0 Å². The zero-order valence-electron chi connectivity index (χ0n) is 12.0. The van der Waals surface area contributed by atoms with Crippen molar-refractivity contribution in [3.8, 4) is 11.1 Å². The Morgan fingerprint density at radius 1 is 0.700 bits per heavy atom. The van der Waals surface area contributed by atoms with E-state index in [4.69, 9.17) is 0 Å². The first-order valence-corrected chi connectivity index (χ1v) is 6.67. The molecule has 1 heteroatoms.